The highest BCUT2D eigenvalue weighted by atomic mass is 35.5. The van der Waals surface area contributed by atoms with Crippen LogP contribution < -0.4 is 4.72 Å². The molecule has 0 radical (unpaired) electrons. The standard InChI is InChI=1S/C17H20Cl2N2O3S/c18-14-7-6-13(11-15(14)19)25(22,23)20-12-16(17-5-4-10-24-17)21-8-2-1-3-9-21/h4-7,10-11,16,20H,1-3,8-9,12H2. The van der Waals surface area contributed by atoms with Crippen LogP contribution in [0, 0.1) is 0 Å². The van der Waals surface area contributed by atoms with Crippen molar-refractivity contribution in [2.24, 2.45) is 0 Å². The van der Waals surface area contributed by atoms with Crippen molar-refractivity contribution in [1.29, 1.82) is 0 Å². The average molecular weight is 403 g/mol. The first kappa shape index (κ1) is 18.7. The highest BCUT2D eigenvalue weighted by Gasteiger charge is 2.26. The van der Waals surface area contributed by atoms with E-state index in [4.69, 9.17) is 27.6 Å². The van der Waals surface area contributed by atoms with E-state index < -0.39 is 10.0 Å². The molecule has 136 valence electrons. The summed E-state index contributed by atoms with van der Waals surface area (Å²) in [5.74, 6) is 0.763. The monoisotopic (exact) mass is 402 g/mol. The van der Waals surface area contributed by atoms with E-state index in [-0.39, 0.29) is 22.5 Å². The van der Waals surface area contributed by atoms with Crippen LogP contribution in [0.4, 0.5) is 0 Å². The topological polar surface area (TPSA) is 62.6 Å². The number of furan rings is 1. The Morgan fingerprint density at radius 1 is 1.12 bits per heavy atom. The van der Waals surface area contributed by atoms with Crippen molar-refractivity contribution in [1.82, 2.24) is 9.62 Å². The molecule has 5 nitrogen and oxygen atoms in total. The second-order valence-electron chi connectivity index (χ2n) is 6.06. The molecule has 1 unspecified atom stereocenters. The highest BCUT2D eigenvalue weighted by Crippen LogP contribution is 2.27. The number of piperidine rings is 1. The molecule has 0 saturated carbocycles. The molecule has 1 N–H and O–H groups in total. The molecule has 0 bridgehead atoms. The lowest BCUT2D eigenvalue weighted by molar-refractivity contribution is 0.147. The lowest BCUT2D eigenvalue weighted by atomic mass is 10.1. The largest absolute Gasteiger partial charge is 0.468 e. The van der Waals surface area contributed by atoms with Crippen LogP contribution >= 0.6 is 23.2 Å². The Labute approximate surface area is 158 Å². The van der Waals surface area contributed by atoms with Gasteiger partial charge in [0.1, 0.15) is 5.76 Å². The van der Waals surface area contributed by atoms with Gasteiger partial charge in [0.2, 0.25) is 10.0 Å². The number of likely N-dealkylation sites (tertiary alicyclic amines) is 1. The van der Waals surface area contributed by atoms with Gasteiger partial charge in [-0.1, -0.05) is 29.6 Å². The highest BCUT2D eigenvalue weighted by molar-refractivity contribution is 7.89. The van der Waals surface area contributed by atoms with E-state index in [9.17, 15) is 8.42 Å². The van der Waals surface area contributed by atoms with Crippen LogP contribution in [-0.2, 0) is 10.0 Å². The SMILES string of the molecule is O=S(=O)(NCC(c1ccco1)N1CCCCC1)c1ccc(Cl)c(Cl)c1. The van der Waals surface area contributed by atoms with Gasteiger partial charge in [0.05, 0.1) is 27.2 Å². The summed E-state index contributed by atoms with van der Waals surface area (Å²) in [4.78, 5) is 2.36. The van der Waals surface area contributed by atoms with E-state index in [0.717, 1.165) is 31.7 Å². The fourth-order valence-electron chi connectivity index (χ4n) is 3.04. The third kappa shape index (κ3) is 4.57. The number of hydrogen-bond acceptors (Lipinski definition) is 4. The average Bonchev–Trinajstić information content (AvgIpc) is 3.12. The molecule has 2 heterocycles. The van der Waals surface area contributed by atoms with Crippen molar-refractivity contribution in [2.75, 3.05) is 19.6 Å². The molecule has 1 aromatic heterocycles. The van der Waals surface area contributed by atoms with Crippen LogP contribution in [0.3, 0.4) is 0 Å². The van der Waals surface area contributed by atoms with Gasteiger partial charge in [-0.3, -0.25) is 4.90 Å². The van der Waals surface area contributed by atoms with Crippen molar-refractivity contribution < 1.29 is 12.8 Å². The fraction of sp³-hybridized carbons (Fsp3) is 0.412. The predicted molar refractivity (Wildman–Crippen MR) is 98.5 cm³/mol. The van der Waals surface area contributed by atoms with Gasteiger partial charge in [-0.25, -0.2) is 13.1 Å². The van der Waals surface area contributed by atoms with E-state index in [0.29, 0.717) is 5.02 Å². The summed E-state index contributed by atoms with van der Waals surface area (Å²) in [6.07, 6.45) is 5.03. The Morgan fingerprint density at radius 2 is 1.88 bits per heavy atom. The van der Waals surface area contributed by atoms with Gasteiger partial charge in [0.25, 0.3) is 0 Å². The number of sulfonamides is 1. The Balaban J connectivity index is 1.76. The molecule has 25 heavy (non-hydrogen) atoms. The Morgan fingerprint density at radius 3 is 2.52 bits per heavy atom. The second kappa shape index (κ2) is 8.10. The minimum atomic E-state index is -3.69. The molecule has 1 fully saturated rings. The lowest BCUT2D eigenvalue weighted by Gasteiger charge is -2.33. The number of nitrogens with one attached hydrogen (secondary N) is 1. The predicted octanol–water partition coefficient (Wildman–Crippen LogP) is 4.09. The van der Waals surface area contributed by atoms with Gasteiger partial charge in [0, 0.05) is 6.54 Å². The molecule has 8 heteroatoms. The molecule has 1 aliphatic rings. The summed E-state index contributed by atoms with van der Waals surface area (Å²) < 4.78 is 33.4. The molecule has 0 aliphatic carbocycles. The third-order valence-corrected chi connectivity index (χ3v) is 6.53. The summed E-state index contributed by atoms with van der Waals surface area (Å²) in [5, 5.41) is 0.533. The molecule has 0 spiro atoms. The molecular formula is C17H20Cl2N2O3S. The summed E-state index contributed by atoms with van der Waals surface area (Å²) in [5.41, 5.74) is 0. The number of benzene rings is 1. The quantitative estimate of drug-likeness (QED) is 0.789. The molecule has 1 atom stereocenters. The van der Waals surface area contributed by atoms with Crippen LogP contribution in [-0.4, -0.2) is 33.0 Å². The molecule has 1 saturated heterocycles. The summed E-state index contributed by atoms with van der Waals surface area (Å²) in [7, 11) is -3.69. The Hall–Kier alpha value is -1.05. The van der Waals surface area contributed by atoms with Gasteiger partial charge in [-0.05, 0) is 56.3 Å². The maximum atomic E-state index is 12.6. The van der Waals surface area contributed by atoms with E-state index in [2.05, 4.69) is 9.62 Å². The van der Waals surface area contributed by atoms with Crippen molar-refractivity contribution in [3.8, 4) is 0 Å². The van der Waals surface area contributed by atoms with Gasteiger partial charge in [-0.2, -0.15) is 0 Å². The zero-order chi connectivity index (χ0) is 17.9. The van der Waals surface area contributed by atoms with Gasteiger partial charge >= 0.3 is 0 Å². The second-order valence-corrected chi connectivity index (χ2v) is 8.64. The zero-order valence-corrected chi connectivity index (χ0v) is 15.9. The van der Waals surface area contributed by atoms with Crippen molar-refractivity contribution in [3.05, 3.63) is 52.4 Å². The Kier molecular flexibility index (Phi) is 6.07. The third-order valence-electron chi connectivity index (χ3n) is 4.37. The van der Waals surface area contributed by atoms with Gasteiger partial charge in [0.15, 0.2) is 0 Å². The minimum Gasteiger partial charge on any atom is -0.468 e. The van der Waals surface area contributed by atoms with Crippen molar-refractivity contribution in [2.45, 2.75) is 30.2 Å². The molecule has 3 rings (SSSR count). The summed E-state index contributed by atoms with van der Waals surface area (Å²) in [6.45, 7) is 2.09. The van der Waals surface area contributed by atoms with Crippen molar-refractivity contribution >= 4 is 33.2 Å². The maximum absolute atomic E-state index is 12.6. The normalized spacial score (nSPS) is 17.5. The molecule has 2 aromatic rings. The maximum Gasteiger partial charge on any atom is 0.240 e. The number of hydrogen-bond donors (Lipinski definition) is 1. The van der Waals surface area contributed by atoms with Crippen LogP contribution in [0.2, 0.25) is 10.0 Å². The van der Waals surface area contributed by atoms with Gasteiger partial charge in [-0.15, -0.1) is 0 Å². The summed E-state index contributed by atoms with van der Waals surface area (Å²) >= 11 is 11.8. The Bertz CT molecular complexity index is 803. The first-order chi connectivity index (χ1) is 12.0. The lowest BCUT2D eigenvalue weighted by Crippen LogP contribution is -2.40. The molecule has 1 aliphatic heterocycles. The molecule has 0 amide bonds. The number of nitrogens with zero attached hydrogens (tertiary/aromatic N) is 1. The van der Waals surface area contributed by atoms with Crippen LogP contribution in [0.1, 0.15) is 31.1 Å². The van der Waals surface area contributed by atoms with Crippen LogP contribution in [0.5, 0.6) is 0 Å². The number of halogens is 2. The van der Waals surface area contributed by atoms with E-state index in [1.54, 1.807) is 6.26 Å². The molecule has 1 aromatic carbocycles. The molecular weight excluding hydrogens is 383 g/mol. The van der Waals surface area contributed by atoms with E-state index >= 15 is 0 Å². The smallest absolute Gasteiger partial charge is 0.240 e. The number of rotatable bonds is 6. The zero-order valence-electron chi connectivity index (χ0n) is 13.6. The first-order valence-corrected chi connectivity index (χ1v) is 10.4. The first-order valence-electron chi connectivity index (χ1n) is 8.19. The minimum absolute atomic E-state index is 0.0961. The summed E-state index contributed by atoms with van der Waals surface area (Å²) in [6, 6.07) is 7.85. The van der Waals surface area contributed by atoms with Crippen molar-refractivity contribution in [3.63, 3.8) is 0 Å². The van der Waals surface area contributed by atoms with E-state index in [1.807, 2.05) is 12.1 Å². The van der Waals surface area contributed by atoms with Crippen LogP contribution in [0.15, 0.2) is 45.9 Å². The van der Waals surface area contributed by atoms with Gasteiger partial charge < -0.3 is 4.42 Å². The fourth-order valence-corrected chi connectivity index (χ4v) is 4.46. The van der Waals surface area contributed by atoms with E-state index in [1.165, 1.54) is 24.6 Å². The van der Waals surface area contributed by atoms with Crippen LogP contribution in [0.25, 0.3) is 0 Å².